The lowest BCUT2D eigenvalue weighted by atomic mass is 10.1. The van der Waals surface area contributed by atoms with Gasteiger partial charge in [0.15, 0.2) is 0 Å². The second-order valence-corrected chi connectivity index (χ2v) is 6.57. The maximum absolute atomic E-state index is 6.06. The van der Waals surface area contributed by atoms with Gasteiger partial charge in [0.25, 0.3) is 5.95 Å². The number of hydrazone groups is 1. The summed E-state index contributed by atoms with van der Waals surface area (Å²) >= 11 is 1.53. The highest BCUT2D eigenvalue weighted by Gasteiger charge is 2.10. The lowest BCUT2D eigenvalue weighted by Crippen LogP contribution is -2.13. The van der Waals surface area contributed by atoms with Crippen molar-refractivity contribution in [1.82, 2.24) is 14.9 Å². The number of aryl methyl sites for hydroxylation is 1. The van der Waals surface area contributed by atoms with Crippen LogP contribution in [-0.2, 0) is 5.75 Å². The number of hydrogen-bond acceptors (Lipinski definition) is 6. The number of thioether (sulfide) groups is 1. The molecule has 3 aromatic rings. The van der Waals surface area contributed by atoms with Crippen LogP contribution >= 0.6 is 11.8 Å². The molecule has 25 heavy (non-hydrogen) atoms. The van der Waals surface area contributed by atoms with Crippen LogP contribution in [0.2, 0.25) is 0 Å². The van der Waals surface area contributed by atoms with Gasteiger partial charge in [-0.1, -0.05) is 71.9 Å². The first-order valence-electron chi connectivity index (χ1n) is 7.88. The third-order valence-electron chi connectivity index (χ3n) is 3.67. The van der Waals surface area contributed by atoms with Gasteiger partial charge in [-0.15, -0.1) is 10.2 Å². The molecule has 128 valence electrons. The van der Waals surface area contributed by atoms with Crippen molar-refractivity contribution in [2.45, 2.75) is 24.8 Å². The van der Waals surface area contributed by atoms with E-state index in [1.807, 2.05) is 37.3 Å². The third kappa shape index (κ3) is 4.39. The van der Waals surface area contributed by atoms with E-state index in [2.05, 4.69) is 51.9 Å². The van der Waals surface area contributed by atoms with E-state index in [0.29, 0.717) is 11.1 Å². The van der Waals surface area contributed by atoms with Crippen LogP contribution in [0, 0.1) is 6.92 Å². The van der Waals surface area contributed by atoms with Crippen LogP contribution in [0.25, 0.3) is 0 Å². The van der Waals surface area contributed by atoms with Crippen LogP contribution in [0.5, 0.6) is 0 Å². The lowest BCUT2D eigenvalue weighted by molar-refractivity contribution is 0.846. The molecule has 3 N–H and O–H groups in total. The fourth-order valence-corrected chi connectivity index (χ4v) is 2.97. The molecule has 0 fully saturated rings. The smallest absolute Gasteiger partial charge is 0.264 e. The second-order valence-electron chi connectivity index (χ2n) is 5.63. The summed E-state index contributed by atoms with van der Waals surface area (Å²) in [7, 11) is 0. The number of benzene rings is 2. The Balaban J connectivity index is 1.64. The average Bonchev–Trinajstić information content (AvgIpc) is 3.00. The SMILES string of the molecule is C/C(=N\Nc1nnc(SCc2ccc(C)cc2)n1N)c1ccccc1. The van der Waals surface area contributed by atoms with Crippen LogP contribution in [-0.4, -0.2) is 20.6 Å². The van der Waals surface area contributed by atoms with Gasteiger partial charge >= 0.3 is 0 Å². The Kier molecular flexibility index (Phi) is 5.35. The first kappa shape index (κ1) is 17.0. The molecule has 0 aliphatic rings. The Hall–Kier alpha value is -2.80. The van der Waals surface area contributed by atoms with Crippen molar-refractivity contribution in [3.05, 3.63) is 71.3 Å². The molecule has 0 saturated heterocycles. The van der Waals surface area contributed by atoms with Crippen molar-refractivity contribution in [1.29, 1.82) is 0 Å². The van der Waals surface area contributed by atoms with Crippen LogP contribution in [0.15, 0.2) is 64.9 Å². The molecule has 0 atom stereocenters. The number of aromatic nitrogens is 3. The zero-order valence-electron chi connectivity index (χ0n) is 14.2. The normalized spacial score (nSPS) is 11.5. The summed E-state index contributed by atoms with van der Waals surface area (Å²) in [5.41, 5.74) is 7.21. The maximum Gasteiger partial charge on any atom is 0.264 e. The van der Waals surface area contributed by atoms with Gasteiger partial charge in [-0.3, -0.25) is 0 Å². The molecule has 7 heteroatoms. The molecule has 0 aliphatic heterocycles. The van der Waals surface area contributed by atoms with Gasteiger partial charge in [-0.25, -0.2) is 10.1 Å². The number of nitrogens with two attached hydrogens (primary N) is 1. The molecule has 0 radical (unpaired) electrons. The van der Waals surface area contributed by atoms with Crippen molar-refractivity contribution in [2.24, 2.45) is 5.10 Å². The molecule has 0 spiro atoms. The maximum atomic E-state index is 6.06. The Labute approximate surface area is 151 Å². The minimum absolute atomic E-state index is 0.404. The first-order chi connectivity index (χ1) is 12.1. The Morgan fingerprint density at radius 2 is 1.84 bits per heavy atom. The summed E-state index contributed by atoms with van der Waals surface area (Å²) in [6.07, 6.45) is 0. The first-order valence-corrected chi connectivity index (χ1v) is 8.86. The average molecular weight is 352 g/mol. The monoisotopic (exact) mass is 352 g/mol. The number of nitrogens with one attached hydrogen (secondary N) is 1. The molecule has 6 nitrogen and oxygen atoms in total. The summed E-state index contributed by atoms with van der Waals surface area (Å²) < 4.78 is 1.42. The van der Waals surface area contributed by atoms with Gasteiger partial charge in [-0.2, -0.15) is 5.10 Å². The highest BCUT2D eigenvalue weighted by molar-refractivity contribution is 7.98. The fourth-order valence-electron chi connectivity index (χ4n) is 2.16. The van der Waals surface area contributed by atoms with E-state index in [-0.39, 0.29) is 0 Å². The third-order valence-corrected chi connectivity index (χ3v) is 4.68. The predicted molar refractivity (Wildman–Crippen MR) is 103 cm³/mol. The van der Waals surface area contributed by atoms with Gasteiger partial charge < -0.3 is 5.84 Å². The van der Waals surface area contributed by atoms with Crippen LogP contribution in [0.3, 0.4) is 0 Å². The second kappa shape index (κ2) is 7.85. The van der Waals surface area contributed by atoms with Crippen molar-refractivity contribution in [2.75, 3.05) is 11.3 Å². The molecule has 0 amide bonds. The number of rotatable bonds is 6. The van der Waals surface area contributed by atoms with Gasteiger partial charge in [0, 0.05) is 5.75 Å². The quantitative estimate of drug-likeness (QED) is 0.307. The minimum atomic E-state index is 0.404. The largest absolute Gasteiger partial charge is 0.334 e. The van der Waals surface area contributed by atoms with Gasteiger partial charge in [0.05, 0.1) is 5.71 Å². The molecule has 1 heterocycles. The summed E-state index contributed by atoms with van der Waals surface area (Å²) in [5, 5.41) is 13.1. The highest BCUT2D eigenvalue weighted by Crippen LogP contribution is 2.21. The fraction of sp³-hybridized carbons (Fsp3) is 0.167. The Bertz CT molecular complexity index is 855. The van der Waals surface area contributed by atoms with Gasteiger partial charge in [-0.05, 0) is 25.0 Å². The molecule has 0 bridgehead atoms. The van der Waals surface area contributed by atoms with Gasteiger partial charge in [0.1, 0.15) is 0 Å². The van der Waals surface area contributed by atoms with Crippen LogP contribution in [0.1, 0.15) is 23.6 Å². The van der Waals surface area contributed by atoms with E-state index in [1.165, 1.54) is 27.6 Å². The summed E-state index contributed by atoms with van der Waals surface area (Å²) in [6.45, 7) is 4.00. The highest BCUT2D eigenvalue weighted by atomic mass is 32.2. The summed E-state index contributed by atoms with van der Waals surface area (Å²) in [5.74, 6) is 7.24. The van der Waals surface area contributed by atoms with Crippen molar-refractivity contribution >= 4 is 23.4 Å². The minimum Gasteiger partial charge on any atom is -0.334 e. The van der Waals surface area contributed by atoms with Crippen molar-refractivity contribution in [3.8, 4) is 0 Å². The number of hydrogen-bond donors (Lipinski definition) is 2. The van der Waals surface area contributed by atoms with Gasteiger partial charge in [0.2, 0.25) is 5.16 Å². The number of anilines is 1. The lowest BCUT2D eigenvalue weighted by Gasteiger charge is -2.05. The molecule has 0 aliphatic carbocycles. The van der Waals surface area contributed by atoms with E-state index in [4.69, 9.17) is 5.84 Å². The molecular formula is C18H20N6S. The van der Waals surface area contributed by atoms with E-state index in [1.54, 1.807) is 0 Å². The number of nitrogen functional groups attached to an aromatic ring is 1. The Morgan fingerprint density at radius 3 is 2.56 bits per heavy atom. The summed E-state index contributed by atoms with van der Waals surface area (Å²) in [6, 6.07) is 18.3. The standard InChI is InChI=1S/C18H20N6S/c1-13-8-10-15(11-9-13)12-25-18-23-22-17(24(18)19)21-20-14(2)16-6-4-3-5-7-16/h3-11H,12,19H2,1-2H3,(H,21,22)/b20-14+. The summed E-state index contributed by atoms with van der Waals surface area (Å²) in [4.78, 5) is 0. The molecule has 2 aromatic carbocycles. The predicted octanol–water partition coefficient (Wildman–Crippen LogP) is 3.43. The van der Waals surface area contributed by atoms with E-state index < -0.39 is 0 Å². The topological polar surface area (TPSA) is 81.1 Å². The van der Waals surface area contributed by atoms with Crippen molar-refractivity contribution < 1.29 is 0 Å². The van der Waals surface area contributed by atoms with Crippen LogP contribution in [0.4, 0.5) is 5.95 Å². The zero-order valence-corrected chi connectivity index (χ0v) is 15.0. The molecule has 0 unspecified atom stereocenters. The van der Waals surface area contributed by atoms with E-state index in [0.717, 1.165) is 17.0 Å². The van der Waals surface area contributed by atoms with Crippen molar-refractivity contribution in [3.63, 3.8) is 0 Å². The molecule has 3 rings (SSSR count). The zero-order chi connectivity index (χ0) is 17.6. The van der Waals surface area contributed by atoms with Crippen LogP contribution < -0.4 is 11.3 Å². The van der Waals surface area contributed by atoms with E-state index >= 15 is 0 Å². The molecule has 0 saturated carbocycles. The molecule has 1 aromatic heterocycles. The van der Waals surface area contributed by atoms with E-state index in [9.17, 15) is 0 Å². The number of nitrogens with zero attached hydrogens (tertiary/aromatic N) is 4. The molecular weight excluding hydrogens is 332 g/mol. The Morgan fingerprint density at radius 1 is 1.12 bits per heavy atom.